The van der Waals surface area contributed by atoms with Crippen LogP contribution in [0.2, 0.25) is 5.02 Å². The van der Waals surface area contributed by atoms with Crippen LogP contribution in [0.25, 0.3) is 11.5 Å². The quantitative estimate of drug-likeness (QED) is 0.611. The maximum Gasteiger partial charge on any atom is 0.227 e. The van der Waals surface area contributed by atoms with Crippen molar-refractivity contribution in [2.75, 3.05) is 19.6 Å². The van der Waals surface area contributed by atoms with E-state index >= 15 is 0 Å². The number of piperazine rings is 1. The summed E-state index contributed by atoms with van der Waals surface area (Å²) in [6.07, 6.45) is 2.36. The predicted molar refractivity (Wildman–Crippen MR) is 119 cm³/mol. The first-order valence-electron chi connectivity index (χ1n) is 9.21. The average Bonchev–Trinajstić information content (AvgIpc) is 3.22. The normalized spacial score (nSPS) is 15.8. The largest absolute Gasteiger partial charge is 0.339 e. The van der Waals surface area contributed by atoms with Crippen LogP contribution in [0.4, 0.5) is 0 Å². The molecule has 1 unspecified atom stereocenters. The van der Waals surface area contributed by atoms with Crippen molar-refractivity contribution in [2.24, 2.45) is 0 Å². The lowest BCUT2D eigenvalue weighted by Crippen LogP contribution is -2.48. The first-order chi connectivity index (χ1) is 13.7. The van der Waals surface area contributed by atoms with Crippen LogP contribution < -0.4 is 5.32 Å². The van der Waals surface area contributed by atoms with Crippen molar-refractivity contribution in [1.82, 2.24) is 25.3 Å². The Kier molecular flexibility index (Phi) is 9.05. The lowest BCUT2D eigenvalue weighted by molar-refractivity contribution is -0.134. The molecule has 0 spiro atoms. The number of nitrogens with one attached hydrogen (secondary N) is 1. The van der Waals surface area contributed by atoms with Crippen LogP contribution in [0.3, 0.4) is 0 Å². The maximum absolute atomic E-state index is 12.9. The van der Waals surface area contributed by atoms with Crippen molar-refractivity contribution < 1.29 is 9.32 Å². The van der Waals surface area contributed by atoms with Crippen molar-refractivity contribution >= 4 is 42.3 Å². The van der Waals surface area contributed by atoms with Crippen LogP contribution in [0.15, 0.2) is 53.2 Å². The fourth-order valence-corrected chi connectivity index (χ4v) is 3.60. The SMILES string of the molecule is Cl.Cl.O=C(CCc1nc(-c2ccccn2)no1)N1CCNCC1c1ccccc1Cl. The van der Waals surface area contributed by atoms with Gasteiger partial charge in [-0.25, -0.2) is 0 Å². The summed E-state index contributed by atoms with van der Waals surface area (Å²) in [7, 11) is 0. The smallest absolute Gasteiger partial charge is 0.227 e. The molecular formula is C20H22Cl3N5O2. The number of carbonyl (C=O) groups excluding carboxylic acids is 1. The van der Waals surface area contributed by atoms with Crippen molar-refractivity contribution in [3.8, 4) is 11.5 Å². The summed E-state index contributed by atoms with van der Waals surface area (Å²) in [5.41, 5.74) is 1.60. The van der Waals surface area contributed by atoms with E-state index in [0.29, 0.717) is 48.4 Å². The van der Waals surface area contributed by atoms with Crippen molar-refractivity contribution in [1.29, 1.82) is 0 Å². The molecule has 1 saturated heterocycles. The van der Waals surface area contributed by atoms with Crippen LogP contribution in [0, 0.1) is 0 Å². The molecule has 1 amide bonds. The number of amides is 1. The summed E-state index contributed by atoms with van der Waals surface area (Å²) in [6, 6.07) is 13.1. The number of pyridine rings is 1. The van der Waals surface area contributed by atoms with E-state index in [4.69, 9.17) is 16.1 Å². The molecular weight excluding hydrogens is 449 g/mol. The number of aryl methyl sites for hydroxylation is 1. The number of hydrogen-bond acceptors (Lipinski definition) is 6. The Bertz CT molecular complexity index is 954. The highest BCUT2D eigenvalue weighted by Gasteiger charge is 2.29. The van der Waals surface area contributed by atoms with Gasteiger partial charge in [-0.05, 0) is 23.8 Å². The fourth-order valence-electron chi connectivity index (χ4n) is 3.34. The maximum atomic E-state index is 12.9. The van der Waals surface area contributed by atoms with E-state index in [1.807, 2.05) is 47.4 Å². The Labute approximate surface area is 192 Å². The third-order valence-corrected chi connectivity index (χ3v) is 5.09. The minimum atomic E-state index is -0.0817. The molecule has 3 aromatic rings. The number of aromatic nitrogens is 3. The Morgan fingerprint density at radius 3 is 2.77 bits per heavy atom. The predicted octanol–water partition coefficient (Wildman–Crippen LogP) is 3.73. The van der Waals surface area contributed by atoms with E-state index in [2.05, 4.69) is 20.4 Å². The molecule has 7 nitrogen and oxygen atoms in total. The molecule has 2 aromatic heterocycles. The van der Waals surface area contributed by atoms with Gasteiger partial charge in [-0.2, -0.15) is 4.98 Å². The molecule has 0 radical (unpaired) electrons. The molecule has 0 saturated carbocycles. The molecule has 1 N–H and O–H groups in total. The van der Waals surface area contributed by atoms with E-state index in [1.165, 1.54) is 0 Å². The minimum absolute atomic E-state index is 0. The van der Waals surface area contributed by atoms with E-state index in [1.54, 1.807) is 6.20 Å². The molecule has 0 aliphatic carbocycles. The van der Waals surface area contributed by atoms with Crippen molar-refractivity contribution in [3.05, 3.63) is 65.1 Å². The van der Waals surface area contributed by atoms with Gasteiger partial charge in [-0.1, -0.05) is 41.0 Å². The van der Waals surface area contributed by atoms with Gasteiger partial charge in [-0.3, -0.25) is 9.78 Å². The van der Waals surface area contributed by atoms with Gasteiger partial charge in [0, 0.05) is 43.7 Å². The zero-order valence-electron chi connectivity index (χ0n) is 16.0. The molecule has 1 aromatic carbocycles. The van der Waals surface area contributed by atoms with Crippen molar-refractivity contribution in [2.45, 2.75) is 18.9 Å². The zero-order valence-corrected chi connectivity index (χ0v) is 18.4. The van der Waals surface area contributed by atoms with Gasteiger partial charge in [0.05, 0.1) is 6.04 Å². The second kappa shape index (κ2) is 11.3. The molecule has 1 aliphatic rings. The van der Waals surface area contributed by atoms with E-state index in [9.17, 15) is 4.79 Å². The molecule has 30 heavy (non-hydrogen) atoms. The zero-order chi connectivity index (χ0) is 19.3. The van der Waals surface area contributed by atoms with E-state index in [0.717, 1.165) is 12.1 Å². The summed E-state index contributed by atoms with van der Waals surface area (Å²) < 4.78 is 5.28. The highest BCUT2D eigenvalue weighted by molar-refractivity contribution is 6.31. The molecule has 1 fully saturated rings. The summed E-state index contributed by atoms with van der Waals surface area (Å²) in [5.74, 6) is 0.904. The van der Waals surface area contributed by atoms with Gasteiger partial charge in [0.2, 0.25) is 17.6 Å². The highest BCUT2D eigenvalue weighted by atomic mass is 35.5. The molecule has 3 heterocycles. The van der Waals surface area contributed by atoms with Crippen LogP contribution >= 0.6 is 36.4 Å². The Morgan fingerprint density at radius 2 is 2.00 bits per heavy atom. The molecule has 4 rings (SSSR count). The number of halogens is 3. The van der Waals surface area contributed by atoms with Crippen molar-refractivity contribution in [3.63, 3.8) is 0 Å². The van der Waals surface area contributed by atoms with Gasteiger partial charge >= 0.3 is 0 Å². The van der Waals surface area contributed by atoms with Gasteiger partial charge in [0.25, 0.3) is 0 Å². The van der Waals surface area contributed by atoms with E-state index in [-0.39, 0.29) is 36.8 Å². The molecule has 1 aliphatic heterocycles. The first-order valence-corrected chi connectivity index (χ1v) is 9.59. The summed E-state index contributed by atoms with van der Waals surface area (Å²) in [5, 5.41) is 7.96. The van der Waals surface area contributed by atoms with Crippen LogP contribution in [0.5, 0.6) is 0 Å². The second-order valence-electron chi connectivity index (χ2n) is 6.56. The average molecular weight is 471 g/mol. The number of nitrogens with zero attached hydrogens (tertiary/aromatic N) is 4. The Hall–Kier alpha value is -2.19. The monoisotopic (exact) mass is 469 g/mol. The minimum Gasteiger partial charge on any atom is -0.339 e. The fraction of sp³-hybridized carbons (Fsp3) is 0.300. The molecule has 10 heteroatoms. The Morgan fingerprint density at radius 1 is 1.20 bits per heavy atom. The third kappa shape index (κ3) is 5.49. The highest BCUT2D eigenvalue weighted by Crippen LogP contribution is 2.29. The summed E-state index contributed by atoms with van der Waals surface area (Å²) in [6.45, 7) is 2.08. The summed E-state index contributed by atoms with van der Waals surface area (Å²) in [4.78, 5) is 23.3. The lowest BCUT2D eigenvalue weighted by Gasteiger charge is -2.37. The van der Waals surface area contributed by atoms with Gasteiger partial charge < -0.3 is 14.7 Å². The first kappa shape index (κ1) is 24.1. The molecule has 160 valence electrons. The molecule has 1 atom stereocenters. The number of hydrogen-bond donors (Lipinski definition) is 1. The number of benzene rings is 1. The van der Waals surface area contributed by atoms with Crippen LogP contribution in [-0.2, 0) is 11.2 Å². The van der Waals surface area contributed by atoms with Crippen LogP contribution in [-0.4, -0.2) is 45.6 Å². The Balaban J connectivity index is 0.00000160. The second-order valence-corrected chi connectivity index (χ2v) is 6.96. The van der Waals surface area contributed by atoms with Gasteiger partial charge in [0.1, 0.15) is 5.69 Å². The number of carbonyl (C=O) groups is 1. The van der Waals surface area contributed by atoms with E-state index < -0.39 is 0 Å². The number of rotatable bonds is 5. The standard InChI is InChI=1S/C20H20ClN5O2.2ClH/c21-15-6-2-1-5-14(15)17-13-22-11-12-26(17)19(27)9-8-18-24-20(25-28-18)16-7-3-4-10-23-16;;/h1-7,10,17,22H,8-9,11-13H2;2*1H. The van der Waals surface area contributed by atoms with Gasteiger partial charge in [0.15, 0.2) is 0 Å². The third-order valence-electron chi connectivity index (χ3n) is 4.74. The topological polar surface area (TPSA) is 84.1 Å². The molecule has 0 bridgehead atoms. The lowest BCUT2D eigenvalue weighted by atomic mass is 10.0. The van der Waals surface area contributed by atoms with Gasteiger partial charge in [-0.15, -0.1) is 24.8 Å². The summed E-state index contributed by atoms with van der Waals surface area (Å²) >= 11 is 6.36. The van der Waals surface area contributed by atoms with Crippen LogP contribution in [0.1, 0.15) is 23.9 Å².